The molecular formula is C13H26N2O3S. The quantitative estimate of drug-likeness (QED) is 0.792. The van der Waals surface area contributed by atoms with Gasteiger partial charge in [0.15, 0.2) is 9.84 Å². The van der Waals surface area contributed by atoms with Crippen molar-refractivity contribution in [1.29, 1.82) is 0 Å². The zero-order chi connectivity index (χ0) is 14.6. The topological polar surface area (TPSA) is 57.7 Å². The van der Waals surface area contributed by atoms with E-state index in [4.69, 9.17) is 0 Å². The minimum atomic E-state index is -3.11. The molecule has 0 aliphatic heterocycles. The second kappa shape index (κ2) is 6.59. The van der Waals surface area contributed by atoms with E-state index in [0.29, 0.717) is 19.5 Å². The van der Waals surface area contributed by atoms with Gasteiger partial charge < -0.3 is 9.80 Å². The fraction of sp³-hybridized carbons (Fsp3) is 0.923. The Bertz CT molecular complexity index is 404. The van der Waals surface area contributed by atoms with Crippen molar-refractivity contribution in [2.24, 2.45) is 0 Å². The lowest BCUT2D eigenvalue weighted by Gasteiger charge is -2.39. The molecule has 0 unspecified atom stereocenters. The molecule has 112 valence electrons. The highest BCUT2D eigenvalue weighted by Crippen LogP contribution is 2.27. The molecule has 0 N–H and O–H groups in total. The van der Waals surface area contributed by atoms with E-state index >= 15 is 0 Å². The third-order valence-corrected chi connectivity index (χ3v) is 5.70. The summed E-state index contributed by atoms with van der Waals surface area (Å²) in [6, 6.07) is -0.248. The number of carbonyl (C=O) groups excluding carboxylic acids is 1. The first-order chi connectivity index (χ1) is 8.82. The van der Waals surface area contributed by atoms with E-state index in [1.54, 1.807) is 16.8 Å². The Hall–Kier alpha value is -0.780. The summed E-state index contributed by atoms with van der Waals surface area (Å²) in [4.78, 5) is 15.7. The molecule has 1 saturated carbocycles. The SMILES string of the molecule is CCN(CC)C(=O)N(C)[C@@H]1CCCC[C@@H]1S(C)(=O)=O. The van der Waals surface area contributed by atoms with E-state index < -0.39 is 15.1 Å². The van der Waals surface area contributed by atoms with Gasteiger partial charge in [0.1, 0.15) is 0 Å². The van der Waals surface area contributed by atoms with Crippen LogP contribution in [-0.4, -0.2) is 61.9 Å². The van der Waals surface area contributed by atoms with Gasteiger partial charge in [-0.15, -0.1) is 0 Å². The average molecular weight is 290 g/mol. The third-order valence-electron chi connectivity index (χ3n) is 4.05. The minimum Gasteiger partial charge on any atom is -0.325 e. The molecule has 0 bridgehead atoms. The smallest absolute Gasteiger partial charge is 0.320 e. The summed E-state index contributed by atoms with van der Waals surface area (Å²) in [7, 11) is -1.37. The van der Waals surface area contributed by atoms with Gasteiger partial charge in [0.2, 0.25) is 0 Å². The number of sulfone groups is 1. The average Bonchev–Trinajstić information content (AvgIpc) is 2.38. The number of amides is 2. The van der Waals surface area contributed by atoms with Crippen molar-refractivity contribution in [3.63, 3.8) is 0 Å². The first kappa shape index (κ1) is 16.3. The maximum atomic E-state index is 12.3. The van der Waals surface area contributed by atoms with Gasteiger partial charge in [0, 0.05) is 32.4 Å². The molecule has 6 heteroatoms. The van der Waals surface area contributed by atoms with Gasteiger partial charge in [0.25, 0.3) is 0 Å². The lowest BCUT2D eigenvalue weighted by Crippen LogP contribution is -2.53. The maximum Gasteiger partial charge on any atom is 0.320 e. The maximum absolute atomic E-state index is 12.3. The molecule has 0 heterocycles. The molecule has 1 rings (SSSR count). The zero-order valence-corrected chi connectivity index (χ0v) is 13.2. The lowest BCUT2D eigenvalue weighted by atomic mass is 9.94. The van der Waals surface area contributed by atoms with Crippen LogP contribution in [-0.2, 0) is 9.84 Å². The van der Waals surface area contributed by atoms with E-state index in [1.165, 1.54) is 6.26 Å². The highest BCUT2D eigenvalue weighted by Gasteiger charge is 2.37. The van der Waals surface area contributed by atoms with E-state index in [-0.39, 0.29) is 12.1 Å². The van der Waals surface area contributed by atoms with Crippen LogP contribution in [0.15, 0.2) is 0 Å². The summed E-state index contributed by atoms with van der Waals surface area (Å²) in [6.45, 7) is 5.17. The largest absolute Gasteiger partial charge is 0.325 e. The van der Waals surface area contributed by atoms with Crippen LogP contribution in [0.1, 0.15) is 39.5 Å². The molecule has 0 radical (unpaired) electrons. The van der Waals surface area contributed by atoms with Gasteiger partial charge in [-0.1, -0.05) is 12.8 Å². The molecule has 0 aromatic rings. The molecule has 0 aromatic heterocycles. The Balaban J connectivity index is 2.89. The molecule has 2 atom stereocenters. The second-order valence-corrected chi connectivity index (χ2v) is 7.55. The number of hydrogen-bond donors (Lipinski definition) is 0. The van der Waals surface area contributed by atoms with Gasteiger partial charge in [-0.25, -0.2) is 13.2 Å². The van der Waals surface area contributed by atoms with Gasteiger partial charge in [-0.2, -0.15) is 0 Å². The molecular weight excluding hydrogens is 264 g/mol. The van der Waals surface area contributed by atoms with Crippen LogP contribution in [0.2, 0.25) is 0 Å². The molecule has 1 aliphatic carbocycles. The Labute approximate surface area is 116 Å². The fourth-order valence-corrected chi connectivity index (χ4v) is 4.36. The Kier molecular flexibility index (Phi) is 5.64. The van der Waals surface area contributed by atoms with Crippen LogP contribution < -0.4 is 0 Å². The fourth-order valence-electron chi connectivity index (χ4n) is 2.88. The molecule has 0 saturated heterocycles. The number of hydrogen-bond acceptors (Lipinski definition) is 3. The number of nitrogens with zero attached hydrogens (tertiary/aromatic N) is 2. The number of urea groups is 1. The molecule has 5 nitrogen and oxygen atoms in total. The summed E-state index contributed by atoms with van der Waals surface area (Å²) < 4.78 is 23.8. The van der Waals surface area contributed by atoms with Crippen molar-refractivity contribution in [3.8, 4) is 0 Å². The van der Waals surface area contributed by atoms with Gasteiger partial charge in [-0.3, -0.25) is 0 Å². The van der Waals surface area contributed by atoms with Crippen molar-refractivity contribution in [1.82, 2.24) is 9.80 Å². The van der Waals surface area contributed by atoms with Crippen molar-refractivity contribution in [3.05, 3.63) is 0 Å². The van der Waals surface area contributed by atoms with Gasteiger partial charge in [0.05, 0.1) is 5.25 Å². The Morgan fingerprint density at radius 3 is 2.16 bits per heavy atom. The predicted octanol–water partition coefficient (Wildman–Crippen LogP) is 1.74. The molecule has 1 aliphatic rings. The van der Waals surface area contributed by atoms with Crippen LogP contribution in [0.4, 0.5) is 4.79 Å². The molecule has 1 fully saturated rings. The Morgan fingerprint density at radius 1 is 1.16 bits per heavy atom. The van der Waals surface area contributed by atoms with Crippen LogP contribution in [0, 0.1) is 0 Å². The summed E-state index contributed by atoms with van der Waals surface area (Å²) in [5.74, 6) is 0. The molecule has 19 heavy (non-hydrogen) atoms. The third kappa shape index (κ3) is 3.84. The van der Waals surface area contributed by atoms with E-state index in [9.17, 15) is 13.2 Å². The number of carbonyl (C=O) groups is 1. The van der Waals surface area contributed by atoms with Crippen molar-refractivity contribution < 1.29 is 13.2 Å². The predicted molar refractivity (Wildman–Crippen MR) is 77.0 cm³/mol. The first-order valence-electron chi connectivity index (χ1n) is 7.03. The highest BCUT2D eigenvalue weighted by molar-refractivity contribution is 7.91. The van der Waals surface area contributed by atoms with Crippen LogP contribution in [0.5, 0.6) is 0 Å². The van der Waals surface area contributed by atoms with Crippen molar-refractivity contribution in [2.75, 3.05) is 26.4 Å². The number of rotatable bonds is 4. The second-order valence-electron chi connectivity index (χ2n) is 5.29. The van der Waals surface area contributed by atoms with E-state index in [0.717, 1.165) is 19.3 Å². The lowest BCUT2D eigenvalue weighted by molar-refractivity contribution is 0.139. The summed E-state index contributed by atoms with van der Waals surface area (Å²) in [5.41, 5.74) is 0. The minimum absolute atomic E-state index is 0.0643. The molecule has 0 spiro atoms. The van der Waals surface area contributed by atoms with Gasteiger partial charge in [-0.05, 0) is 26.7 Å². The molecule has 0 aromatic carbocycles. The normalized spacial score (nSPS) is 24.0. The summed E-state index contributed by atoms with van der Waals surface area (Å²) >= 11 is 0. The summed E-state index contributed by atoms with van der Waals surface area (Å²) in [6.07, 6.45) is 4.65. The Morgan fingerprint density at radius 2 is 1.68 bits per heavy atom. The van der Waals surface area contributed by atoms with Crippen LogP contribution in [0.25, 0.3) is 0 Å². The van der Waals surface area contributed by atoms with Crippen LogP contribution >= 0.6 is 0 Å². The standard InChI is InChI=1S/C13H26N2O3S/c1-5-15(6-2)13(16)14(3)11-9-7-8-10-12(11)19(4,17)18/h11-12H,5-10H2,1-4H3/t11-,12+/m1/s1. The highest BCUT2D eigenvalue weighted by atomic mass is 32.2. The zero-order valence-electron chi connectivity index (χ0n) is 12.4. The first-order valence-corrected chi connectivity index (χ1v) is 8.99. The van der Waals surface area contributed by atoms with Crippen molar-refractivity contribution in [2.45, 2.75) is 50.8 Å². The summed E-state index contributed by atoms with van der Waals surface area (Å²) in [5, 5.41) is -0.411. The van der Waals surface area contributed by atoms with Crippen LogP contribution in [0.3, 0.4) is 0 Å². The monoisotopic (exact) mass is 290 g/mol. The van der Waals surface area contributed by atoms with E-state index in [2.05, 4.69) is 0 Å². The van der Waals surface area contributed by atoms with E-state index in [1.807, 2.05) is 13.8 Å². The van der Waals surface area contributed by atoms with Gasteiger partial charge >= 0.3 is 6.03 Å². The molecule has 2 amide bonds. The van der Waals surface area contributed by atoms with Crippen molar-refractivity contribution >= 4 is 15.9 Å².